The summed E-state index contributed by atoms with van der Waals surface area (Å²) >= 11 is 5.21. The first-order valence-electron chi connectivity index (χ1n) is 6.43. The fourth-order valence-corrected chi connectivity index (χ4v) is 2.44. The van der Waals surface area contributed by atoms with Crippen LogP contribution in [-0.4, -0.2) is 19.3 Å². The van der Waals surface area contributed by atoms with Gasteiger partial charge in [0.15, 0.2) is 10.6 Å². The molecule has 0 unspecified atom stereocenters. The number of nitrogens with one attached hydrogen (secondary N) is 1. The van der Waals surface area contributed by atoms with E-state index in [0.29, 0.717) is 22.7 Å². The Balaban J connectivity index is 2.63. The van der Waals surface area contributed by atoms with E-state index in [9.17, 15) is 4.79 Å². The predicted molar refractivity (Wildman–Crippen MR) is 77.8 cm³/mol. The fourth-order valence-electron chi connectivity index (χ4n) is 2.10. The maximum Gasteiger partial charge on any atom is 0.261 e. The van der Waals surface area contributed by atoms with E-state index < -0.39 is 0 Å². The van der Waals surface area contributed by atoms with E-state index in [1.165, 1.54) is 0 Å². The van der Waals surface area contributed by atoms with Gasteiger partial charge in [0.2, 0.25) is 0 Å². The zero-order valence-corrected chi connectivity index (χ0v) is 12.2. The first kappa shape index (κ1) is 13.7. The van der Waals surface area contributed by atoms with Crippen molar-refractivity contribution in [2.75, 3.05) is 0 Å². The van der Waals surface area contributed by atoms with Crippen LogP contribution in [0.25, 0.3) is 11.4 Å². The average Bonchev–Trinajstić information content (AvgIpc) is 2.74. The number of H-pyrrole nitrogens is 1. The van der Waals surface area contributed by atoms with Crippen LogP contribution in [0, 0.1) is 4.77 Å². The second-order valence-electron chi connectivity index (χ2n) is 4.74. The third-order valence-electron chi connectivity index (χ3n) is 2.95. The van der Waals surface area contributed by atoms with Gasteiger partial charge in [-0.15, -0.1) is 0 Å². The second kappa shape index (κ2) is 5.52. The number of pyridine rings is 1. The van der Waals surface area contributed by atoms with E-state index >= 15 is 0 Å². The molecule has 0 spiro atoms. The van der Waals surface area contributed by atoms with Crippen LogP contribution >= 0.6 is 12.2 Å². The number of hydrogen-bond donors (Lipinski definition) is 1. The Kier molecular flexibility index (Phi) is 3.99. The highest BCUT2D eigenvalue weighted by atomic mass is 32.1. The minimum Gasteiger partial charge on any atom is -0.315 e. The van der Waals surface area contributed by atoms with Gasteiger partial charge in [0.1, 0.15) is 0 Å². The Morgan fingerprint density at radius 1 is 1.47 bits per heavy atom. The van der Waals surface area contributed by atoms with E-state index in [0.717, 1.165) is 6.42 Å². The Morgan fingerprint density at radius 3 is 2.84 bits per heavy atom. The molecular weight excluding hydrogens is 260 g/mol. The van der Waals surface area contributed by atoms with Crippen molar-refractivity contribution in [2.45, 2.75) is 39.8 Å². The molecule has 0 amide bonds. The topological polar surface area (TPSA) is 55.6 Å². The summed E-state index contributed by atoms with van der Waals surface area (Å²) in [6.45, 7) is 6.79. The van der Waals surface area contributed by atoms with Crippen molar-refractivity contribution in [1.82, 2.24) is 19.3 Å². The third-order valence-corrected chi connectivity index (χ3v) is 3.23. The highest BCUT2D eigenvalue weighted by Gasteiger charge is 2.15. The molecule has 2 aromatic rings. The van der Waals surface area contributed by atoms with Crippen molar-refractivity contribution in [1.29, 1.82) is 0 Å². The van der Waals surface area contributed by atoms with E-state index in [1.54, 1.807) is 16.8 Å². The van der Waals surface area contributed by atoms with Gasteiger partial charge < -0.3 is 4.57 Å². The summed E-state index contributed by atoms with van der Waals surface area (Å²) in [4.78, 5) is 12.4. The summed E-state index contributed by atoms with van der Waals surface area (Å²) in [6.07, 6.45) is 2.72. The monoisotopic (exact) mass is 278 g/mol. The van der Waals surface area contributed by atoms with Crippen molar-refractivity contribution >= 4 is 12.2 Å². The number of rotatable bonds is 4. The van der Waals surface area contributed by atoms with E-state index in [1.807, 2.05) is 31.4 Å². The quantitative estimate of drug-likeness (QED) is 0.875. The van der Waals surface area contributed by atoms with Gasteiger partial charge in [-0.25, -0.2) is 0 Å². The van der Waals surface area contributed by atoms with Crippen molar-refractivity contribution in [3.05, 3.63) is 33.5 Å². The molecule has 2 rings (SSSR count). The van der Waals surface area contributed by atoms with Crippen LogP contribution < -0.4 is 5.56 Å². The minimum absolute atomic E-state index is 0.0275. The van der Waals surface area contributed by atoms with Gasteiger partial charge in [0.25, 0.3) is 5.56 Å². The Labute approximate surface area is 116 Å². The maximum absolute atomic E-state index is 12.4. The lowest BCUT2D eigenvalue weighted by atomic mass is 10.2. The van der Waals surface area contributed by atoms with Gasteiger partial charge in [-0.1, -0.05) is 6.92 Å². The molecular formula is C13H18N4OS. The molecule has 0 saturated heterocycles. The van der Waals surface area contributed by atoms with Crippen LogP contribution in [0.1, 0.15) is 33.2 Å². The molecule has 0 atom stereocenters. The molecule has 0 aliphatic heterocycles. The smallest absolute Gasteiger partial charge is 0.261 e. The van der Waals surface area contributed by atoms with Gasteiger partial charge in [-0.2, -0.15) is 5.10 Å². The fraction of sp³-hybridized carbons (Fsp3) is 0.462. The van der Waals surface area contributed by atoms with E-state index in [-0.39, 0.29) is 11.6 Å². The summed E-state index contributed by atoms with van der Waals surface area (Å²) in [5, 5.41) is 6.97. The molecule has 0 fully saturated rings. The number of aromatic nitrogens is 4. The lowest BCUT2D eigenvalue weighted by Crippen LogP contribution is -2.22. The number of hydrogen-bond acceptors (Lipinski definition) is 3. The molecule has 0 saturated carbocycles. The van der Waals surface area contributed by atoms with Gasteiger partial charge in [0, 0.05) is 18.8 Å². The van der Waals surface area contributed by atoms with Crippen LogP contribution in [0.15, 0.2) is 23.1 Å². The first-order chi connectivity index (χ1) is 9.06. The standard InChI is InChI=1S/C13H18N4OS/c1-4-7-16-8-5-6-10(12(16)18)11-14-15-13(19)17(11)9(2)3/h5-6,8-9H,4,7H2,1-3H3,(H,15,19). The van der Waals surface area contributed by atoms with E-state index in [4.69, 9.17) is 12.2 Å². The number of nitrogens with zero attached hydrogens (tertiary/aromatic N) is 3. The van der Waals surface area contributed by atoms with E-state index in [2.05, 4.69) is 10.2 Å². The Hall–Kier alpha value is -1.69. The van der Waals surface area contributed by atoms with Crippen molar-refractivity contribution < 1.29 is 0 Å². The van der Waals surface area contributed by atoms with Crippen LogP contribution in [0.3, 0.4) is 0 Å². The molecule has 0 bridgehead atoms. The molecule has 0 radical (unpaired) electrons. The SMILES string of the molecule is CCCn1cccc(-c2n[nH]c(=S)n2C(C)C)c1=O. The van der Waals surface area contributed by atoms with Gasteiger partial charge >= 0.3 is 0 Å². The van der Waals surface area contributed by atoms with Crippen LogP contribution in [0.2, 0.25) is 0 Å². The first-order valence-corrected chi connectivity index (χ1v) is 6.83. The molecule has 6 heteroatoms. The molecule has 2 aromatic heterocycles. The normalized spacial score (nSPS) is 11.2. The Bertz CT molecular complexity index is 680. The zero-order valence-electron chi connectivity index (χ0n) is 11.4. The minimum atomic E-state index is -0.0275. The summed E-state index contributed by atoms with van der Waals surface area (Å²) in [5.41, 5.74) is 0.553. The molecule has 2 heterocycles. The van der Waals surface area contributed by atoms with Crippen molar-refractivity contribution in [3.63, 3.8) is 0 Å². The van der Waals surface area contributed by atoms with Crippen LogP contribution in [0.4, 0.5) is 0 Å². The molecule has 5 nitrogen and oxygen atoms in total. The van der Waals surface area contributed by atoms with Gasteiger partial charge in [-0.05, 0) is 44.6 Å². The second-order valence-corrected chi connectivity index (χ2v) is 5.12. The Morgan fingerprint density at radius 2 is 2.21 bits per heavy atom. The molecule has 0 aliphatic rings. The van der Waals surface area contributed by atoms with Gasteiger partial charge in [-0.3, -0.25) is 14.5 Å². The maximum atomic E-state index is 12.4. The predicted octanol–water partition coefficient (Wildman–Crippen LogP) is 2.76. The highest BCUT2D eigenvalue weighted by molar-refractivity contribution is 7.71. The lowest BCUT2D eigenvalue weighted by molar-refractivity contribution is 0.594. The van der Waals surface area contributed by atoms with Crippen LogP contribution in [-0.2, 0) is 6.54 Å². The zero-order chi connectivity index (χ0) is 14.0. The van der Waals surface area contributed by atoms with Crippen LogP contribution in [0.5, 0.6) is 0 Å². The molecule has 0 aromatic carbocycles. The number of aryl methyl sites for hydroxylation is 1. The largest absolute Gasteiger partial charge is 0.315 e. The molecule has 102 valence electrons. The highest BCUT2D eigenvalue weighted by Crippen LogP contribution is 2.17. The molecule has 0 aliphatic carbocycles. The molecule has 1 N–H and O–H groups in total. The van der Waals surface area contributed by atoms with Gasteiger partial charge in [0.05, 0.1) is 5.56 Å². The summed E-state index contributed by atoms with van der Waals surface area (Å²) in [7, 11) is 0. The van der Waals surface area contributed by atoms with Crippen molar-refractivity contribution in [2.24, 2.45) is 0 Å². The molecule has 19 heavy (non-hydrogen) atoms. The lowest BCUT2D eigenvalue weighted by Gasteiger charge is -2.11. The summed E-state index contributed by atoms with van der Waals surface area (Å²) < 4.78 is 4.11. The summed E-state index contributed by atoms with van der Waals surface area (Å²) in [6, 6.07) is 3.81. The average molecular weight is 278 g/mol. The third kappa shape index (κ3) is 2.53. The van der Waals surface area contributed by atoms with Crippen molar-refractivity contribution in [3.8, 4) is 11.4 Å². The number of aromatic amines is 1. The summed E-state index contributed by atoms with van der Waals surface area (Å²) in [5.74, 6) is 0.607.